The van der Waals surface area contributed by atoms with Crippen molar-refractivity contribution in [1.82, 2.24) is 0 Å². The second-order valence-corrected chi connectivity index (χ2v) is 2.53. The van der Waals surface area contributed by atoms with Crippen LogP contribution >= 0.6 is 0 Å². The summed E-state index contributed by atoms with van der Waals surface area (Å²) >= 11 is 0. The summed E-state index contributed by atoms with van der Waals surface area (Å²) in [4.78, 5) is 0. The van der Waals surface area contributed by atoms with Crippen LogP contribution in [0.3, 0.4) is 0 Å². The van der Waals surface area contributed by atoms with E-state index in [4.69, 9.17) is 14.7 Å². The first kappa shape index (κ1) is 10.1. The molecule has 1 aromatic rings. The molecule has 0 saturated carbocycles. The second-order valence-electron chi connectivity index (χ2n) is 2.53. The summed E-state index contributed by atoms with van der Waals surface area (Å²) < 4.78 is 10.2. The van der Waals surface area contributed by atoms with E-state index < -0.39 is 0 Å². The van der Waals surface area contributed by atoms with E-state index in [-0.39, 0.29) is 0 Å². The zero-order valence-electron chi connectivity index (χ0n) is 7.77. The Morgan fingerprint density at radius 3 is 3.00 bits per heavy atom. The van der Waals surface area contributed by atoms with Crippen LogP contribution in [0, 0.1) is 11.3 Å². The van der Waals surface area contributed by atoms with Gasteiger partial charge in [-0.15, -0.1) is 0 Å². The zero-order chi connectivity index (χ0) is 10.2. The molecule has 0 aliphatic heterocycles. The molecular weight excluding hydrogens is 178 g/mol. The van der Waals surface area contributed by atoms with Crippen LogP contribution in [0.25, 0.3) is 0 Å². The monoisotopic (exact) mass is 189 g/mol. The zero-order valence-corrected chi connectivity index (χ0v) is 7.77. The van der Waals surface area contributed by atoms with Gasteiger partial charge in [0.15, 0.2) is 0 Å². The summed E-state index contributed by atoms with van der Waals surface area (Å²) in [5.41, 5.74) is 0.590. The number of hydrogen-bond acceptors (Lipinski definition) is 3. The van der Waals surface area contributed by atoms with Gasteiger partial charge in [0.25, 0.3) is 0 Å². The fraction of sp³-hybridized carbons (Fsp3) is 0.182. The number of benzene rings is 1. The van der Waals surface area contributed by atoms with Crippen molar-refractivity contribution in [3.8, 4) is 11.8 Å². The van der Waals surface area contributed by atoms with Crippen molar-refractivity contribution in [3.63, 3.8) is 0 Å². The Balaban J connectivity index is 2.43. The predicted octanol–water partition coefficient (Wildman–Crippen LogP) is 2.10. The normalized spacial score (nSPS) is 8.79. The third kappa shape index (κ3) is 3.20. The summed E-state index contributed by atoms with van der Waals surface area (Å²) in [7, 11) is 0. The quantitative estimate of drug-likeness (QED) is 0.526. The van der Waals surface area contributed by atoms with Gasteiger partial charge in [0.1, 0.15) is 19.0 Å². The van der Waals surface area contributed by atoms with Gasteiger partial charge in [-0.3, -0.25) is 0 Å². The van der Waals surface area contributed by atoms with E-state index in [2.05, 4.69) is 6.58 Å². The number of rotatable bonds is 5. The average Bonchev–Trinajstić information content (AvgIpc) is 2.25. The van der Waals surface area contributed by atoms with E-state index in [9.17, 15) is 0 Å². The fourth-order valence-corrected chi connectivity index (χ4v) is 0.946. The van der Waals surface area contributed by atoms with Crippen molar-refractivity contribution in [3.05, 3.63) is 42.7 Å². The SMILES string of the molecule is C=COCCOc1cccc(C#N)c1. The van der Waals surface area contributed by atoms with Crippen LogP contribution in [0.5, 0.6) is 5.75 Å². The molecule has 0 fully saturated rings. The van der Waals surface area contributed by atoms with Crippen LogP contribution in [0.2, 0.25) is 0 Å². The maximum Gasteiger partial charge on any atom is 0.122 e. The Labute approximate surface area is 83.2 Å². The highest BCUT2D eigenvalue weighted by Gasteiger charge is 1.95. The van der Waals surface area contributed by atoms with Gasteiger partial charge >= 0.3 is 0 Å². The number of nitrogens with zero attached hydrogens (tertiary/aromatic N) is 1. The second kappa shape index (κ2) is 5.65. The van der Waals surface area contributed by atoms with Crippen molar-refractivity contribution in [2.45, 2.75) is 0 Å². The Morgan fingerprint density at radius 2 is 2.29 bits per heavy atom. The third-order valence-electron chi connectivity index (χ3n) is 1.55. The van der Waals surface area contributed by atoms with Crippen molar-refractivity contribution in [2.24, 2.45) is 0 Å². The van der Waals surface area contributed by atoms with Gasteiger partial charge in [-0.25, -0.2) is 0 Å². The molecule has 0 heterocycles. The standard InChI is InChI=1S/C11H11NO2/c1-2-13-6-7-14-11-5-3-4-10(8-11)9-12/h2-5,8H,1,6-7H2. The molecule has 0 amide bonds. The largest absolute Gasteiger partial charge is 0.498 e. The summed E-state index contributed by atoms with van der Waals surface area (Å²) in [5.74, 6) is 0.678. The minimum absolute atomic E-state index is 0.445. The third-order valence-corrected chi connectivity index (χ3v) is 1.55. The number of nitriles is 1. The first-order valence-electron chi connectivity index (χ1n) is 4.22. The number of ether oxygens (including phenoxy) is 2. The van der Waals surface area contributed by atoms with E-state index in [1.165, 1.54) is 6.26 Å². The van der Waals surface area contributed by atoms with E-state index in [1.807, 2.05) is 6.07 Å². The Bertz CT molecular complexity index is 341. The van der Waals surface area contributed by atoms with Crippen molar-refractivity contribution in [1.29, 1.82) is 5.26 Å². The maximum absolute atomic E-state index is 8.63. The van der Waals surface area contributed by atoms with Crippen molar-refractivity contribution >= 4 is 0 Å². The molecule has 0 bridgehead atoms. The van der Waals surface area contributed by atoms with Crippen LogP contribution in [0.4, 0.5) is 0 Å². The molecule has 0 radical (unpaired) electrons. The summed E-state index contributed by atoms with van der Waals surface area (Å²) in [6.07, 6.45) is 1.37. The van der Waals surface area contributed by atoms with Crippen LogP contribution in [0.1, 0.15) is 5.56 Å². The van der Waals surface area contributed by atoms with Crippen LogP contribution in [-0.2, 0) is 4.74 Å². The van der Waals surface area contributed by atoms with Crippen molar-refractivity contribution in [2.75, 3.05) is 13.2 Å². The van der Waals surface area contributed by atoms with Gasteiger partial charge in [-0.1, -0.05) is 12.6 Å². The molecule has 72 valence electrons. The molecule has 0 aliphatic rings. The van der Waals surface area contributed by atoms with Gasteiger partial charge in [0.05, 0.1) is 17.9 Å². The van der Waals surface area contributed by atoms with Gasteiger partial charge in [-0.05, 0) is 18.2 Å². The summed E-state index contributed by atoms with van der Waals surface area (Å²) in [5, 5.41) is 8.63. The molecule has 0 spiro atoms. The lowest BCUT2D eigenvalue weighted by atomic mass is 10.2. The molecule has 0 aromatic heterocycles. The Hall–Kier alpha value is -1.95. The van der Waals surface area contributed by atoms with Crippen LogP contribution < -0.4 is 4.74 Å². The smallest absolute Gasteiger partial charge is 0.122 e. The fourth-order valence-electron chi connectivity index (χ4n) is 0.946. The molecule has 14 heavy (non-hydrogen) atoms. The Morgan fingerprint density at radius 1 is 1.43 bits per heavy atom. The minimum Gasteiger partial charge on any atom is -0.498 e. The molecule has 0 atom stereocenters. The Kier molecular flexibility index (Phi) is 4.09. The van der Waals surface area contributed by atoms with Crippen LogP contribution in [0.15, 0.2) is 37.1 Å². The molecule has 1 rings (SSSR count). The lowest BCUT2D eigenvalue weighted by Crippen LogP contribution is -2.03. The van der Waals surface area contributed by atoms with E-state index in [0.717, 1.165) is 0 Å². The minimum atomic E-state index is 0.445. The molecule has 3 heteroatoms. The molecule has 0 N–H and O–H groups in total. The number of hydrogen-bond donors (Lipinski definition) is 0. The van der Waals surface area contributed by atoms with E-state index in [0.29, 0.717) is 24.5 Å². The first-order chi connectivity index (χ1) is 6.86. The summed E-state index contributed by atoms with van der Waals surface area (Å²) in [6.45, 7) is 4.32. The summed E-state index contributed by atoms with van der Waals surface area (Å²) in [6, 6.07) is 9.04. The molecule has 1 aromatic carbocycles. The molecule has 0 aliphatic carbocycles. The van der Waals surface area contributed by atoms with Gasteiger partial charge in [0, 0.05) is 0 Å². The lowest BCUT2D eigenvalue weighted by Gasteiger charge is -2.05. The lowest BCUT2D eigenvalue weighted by molar-refractivity contribution is 0.179. The van der Waals surface area contributed by atoms with Gasteiger partial charge in [0.2, 0.25) is 0 Å². The average molecular weight is 189 g/mol. The van der Waals surface area contributed by atoms with Gasteiger partial charge in [-0.2, -0.15) is 5.26 Å². The van der Waals surface area contributed by atoms with Crippen LogP contribution in [-0.4, -0.2) is 13.2 Å². The maximum atomic E-state index is 8.63. The first-order valence-corrected chi connectivity index (χ1v) is 4.22. The highest BCUT2D eigenvalue weighted by Crippen LogP contribution is 2.11. The molecular formula is C11H11NO2. The van der Waals surface area contributed by atoms with E-state index in [1.54, 1.807) is 24.3 Å². The van der Waals surface area contributed by atoms with Crippen molar-refractivity contribution < 1.29 is 9.47 Å². The van der Waals surface area contributed by atoms with E-state index >= 15 is 0 Å². The highest BCUT2D eigenvalue weighted by atomic mass is 16.5. The molecule has 0 saturated heterocycles. The van der Waals surface area contributed by atoms with Gasteiger partial charge < -0.3 is 9.47 Å². The predicted molar refractivity (Wildman–Crippen MR) is 52.8 cm³/mol. The highest BCUT2D eigenvalue weighted by molar-refractivity contribution is 5.36. The molecule has 3 nitrogen and oxygen atoms in total. The topological polar surface area (TPSA) is 42.2 Å². The molecule has 0 unspecified atom stereocenters.